The molecule has 12 heteroatoms. The van der Waals surface area contributed by atoms with Gasteiger partial charge in [-0.3, -0.25) is 4.79 Å². The molecule has 2 heterocycles. The molecule has 4 rings (SSSR count). The molecule has 198 valence electrons. The molecule has 0 bridgehead atoms. The van der Waals surface area contributed by atoms with Gasteiger partial charge in [-0.05, 0) is 73.1 Å². The van der Waals surface area contributed by atoms with Gasteiger partial charge in [-0.2, -0.15) is 4.98 Å². The highest BCUT2D eigenvalue weighted by Gasteiger charge is 2.30. The van der Waals surface area contributed by atoms with E-state index >= 15 is 0 Å². The molecule has 0 aliphatic heterocycles. The van der Waals surface area contributed by atoms with Crippen LogP contribution < -0.4 is 20.7 Å². The van der Waals surface area contributed by atoms with E-state index in [1.165, 1.54) is 24.3 Å². The molecule has 4 aromatic rings. The van der Waals surface area contributed by atoms with Crippen LogP contribution in [0.3, 0.4) is 0 Å². The van der Waals surface area contributed by atoms with Crippen molar-refractivity contribution in [1.29, 1.82) is 0 Å². The Bertz CT molecular complexity index is 1360. The van der Waals surface area contributed by atoms with E-state index in [2.05, 4.69) is 49.7 Å². The Kier molecular flexibility index (Phi) is 8.22. The van der Waals surface area contributed by atoms with E-state index in [0.29, 0.717) is 46.0 Å². The van der Waals surface area contributed by atoms with Gasteiger partial charge in [-0.15, -0.1) is 13.2 Å². The number of aromatic nitrogens is 3. The van der Waals surface area contributed by atoms with Gasteiger partial charge in [0.25, 0.3) is 5.89 Å². The molecule has 2 aromatic heterocycles. The van der Waals surface area contributed by atoms with Gasteiger partial charge in [-0.25, -0.2) is 4.98 Å². The average Bonchev–Trinajstić information content (AvgIpc) is 3.35. The first-order valence-electron chi connectivity index (χ1n) is 11.7. The first-order chi connectivity index (χ1) is 18.1. The number of rotatable bonds is 10. The monoisotopic (exact) mass is 526 g/mol. The zero-order valence-electron chi connectivity index (χ0n) is 20.5. The number of carbonyl (C=O) groups is 1. The minimum atomic E-state index is -4.75. The lowest BCUT2D eigenvalue weighted by Gasteiger charge is -2.10. The van der Waals surface area contributed by atoms with Crippen LogP contribution in [0, 0.1) is 5.92 Å². The number of nitrogens with one attached hydrogen (secondary N) is 3. The fraction of sp³-hybridized carbons (Fsp3) is 0.231. The van der Waals surface area contributed by atoms with Crippen LogP contribution in [0.25, 0.3) is 22.8 Å². The Morgan fingerprint density at radius 1 is 1.00 bits per heavy atom. The molecule has 0 unspecified atom stereocenters. The number of hydrogen-bond acceptors (Lipinski definition) is 8. The highest BCUT2D eigenvalue weighted by atomic mass is 19.4. The summed E-state index contributed by atoms with van der Waals surface area (Å²) in [6.07, 6.45) is -3.21. The number of anilines is 3. The molecule has 0 saturated heterocycles. The molecular formula is C26H25F3N6O3. The van der Waals surface area contributed by atoms with E-state index in [9.17, 15) is 18.0 Å². The normalized spacial score (nSPS) is 11.4. The number of benzene rings is 2. The Morgan fingerprint density at radius 3 is 2.39 bits per heavy atom. The highest BCUT2D eigenvalue weighted by Crippen LogP contribution is 2.27. The van der Waals surface area contributed by atoms with E-state index < -0.39 is 6.36 Å². The van der Waals surface area contributed by atoms with Crippen LogP contribution in [0.15, 0.2) is 71.4 Å². The zero-order chi connectivity index (χ0) is 27.1. The fourth-order valence-electron chi connectivity index (χ4n) is 3.36. The van der Waals surface area contributed by atoms with E-state index in [-0.39, 0.29) is 18.2 Å². The number of nitrogens with zero attached hydrogens (tertiary/aromatic N) is 3. The van der Waals surface area contributed by atoms with Gasteiger partial charge in [0.15, 0.2) is 0 Å². The summed E-state index contributed by atoms with van der Waals surface area (Å²) < 4.78 is 46.3. The number of hydrogen-bond donors (Lipinski definition) is 3. The lowest BCUT2D eigenvalue weighted by Crippen LogP contribution is -2.30. The molecular weight excluding hydrogens is 501 g/mol. The molecule has 3 N–H and O–H groups in total. The van der Waals surface area contributed by atoms with Gasteiger partial charge in [-0.1, -0.05) is 19.0 Å². The average molecular weight is 527 g/mol. The predicted molar refractivity (Wildman–Crippen MR) is 136 cm³/mol. The zero-order valence-corrected chi connectivity index (χ0v) is 20.5. The van der Waals surface area contributed by atoms with Gasteiger partial charge in [0, 0.05) is 28.7 Å². The molecule has 0 fully saturated rings. The minimum Gasteiger partial charge on any atom is -0.406 e. The second-order valence-electron chi connectivity index (χ2n) is 8.70. The highest BCUT2D eigenvalue weighted by molar-refractivity contribution is 5.92. The second kappa shape index (κ2) is 11.7. The molecule has 0 aliphatic carbocycles. The van der Waals surface area contributed by atoms with Gasteiger partial charge in [0.2, 0.25) is 11.7 Å². The maximum atomic E-state index is 12.3. The van der Waals surface area contributed by atoms with Crippen molar-refractivity contribution in [3.63, 3.8) is 0 Å². The molecule has 9 nitrogen and oxygen atoms in total. The Balaban J connectivity index is 1.38. The van der Waals surface area contributed by atoms with Crippen LogP contribution in [-0.2, 0) is 4.79 Å². The van der Waals surface area contributed by atoms with Crippen molar-refractivity contribution < 1.29 is 27.2 Å². The van der Waals surface area contributed by atoms with Crippen molar-refractivity contribution >= 4 is 23.1 Å². The Labute approximate surface area is 216 Å². The summed E-state index contributed by atoms with van der Waals surface area (Å²) in [6.45, 7) is 5.13. The van der Waals surface area contributed by atoms with Gasteiger partial charge < -0.3 is 25.2 Å². The molecule has 0 atom stereocenters. The van der Waals surface area contributed by atoms with Crippen molar-refractivity contribution in [3.8, 4) is 28.6 Å². The number of halogens is 3. The summed E-state index contributed by atoms with van der Waals surface area (Å²) in [5.41, 5.74) is 2.45. The van der Waals surface area contributed by atoms with Gasteiger partial charge in [0.05, 0.1) is 6.54 Å². The first-order valence-corrected chi connectivity index (χ1v) is 11.7. The van der Waals surface area contributed by atoms with Crippen LogP contribution in [0.2, 0.25) is 0 Å². The third kappa shape index (κ3) is 7.77. The summed E-state index contributed by atoms with van der Waals surface area (Å²) in [6, 6.07) is 15.7. The van der Waals surface area contributed by atoms with E-state index in [1.54, 1.807) is 42.6 Å². The van der Waals surface area contributed by atoms with Gasteiger partial charge in [0.1, 0.15) is 11.6 Å². The SMILES string of the molecule is CC(C)CNCC(=O)Nc1ccc(-c2nc(-c3ccnc(Nc4ccc(OC(F)(F)F)cc4)c3)no2)cc1. The van der Waals surface area contributed by atoms with Crippen molar-refractivity contribution in [2.45, 2.75) is 20.2 Å². The van der Waals surface area contributed by atoms with Crippen LogP contribution >= 0.6 is 0 Å². The number of ether oxygens (including phenoxy) is 1. The Hall–Kier alpha value is -4.45. The summed E-state index contributed by atoms with van der Waals surface area (Å²) in [5.74, 6) is 1.06. The van der Waals surface area contributed by atoms with Crippen LogP contribution in [0.1, 0.15) is 13.8 Å². The largest absolute Gasteiger partial charge is 0.573 e. The molecule has 38 heavy (non-hydrogen) atoms. The van der Waals surface area contributed by atoms with Crippen molar-refractivity contribution in [1.82, 2.24) is 20.4 Å². The molecule has 0 radical (unpaired) electrons. The fourth-order valence-corrected chi connectivity index (χ4v) is 3.36. The number of carbonyl (C=O) groups excluding carboxylic acids is 1. The second-order valence-corrected chi connectivity index (χ2v) is 8.70. The van der Waals surface area contributed by atoms with Crippen LogP contribution in [0.5, 0.6) is 5.75 Å². The first kappa shape index (κ1) is 26.6. The maximum absolute atomic E-state index is 12.3. The lowest BCUT2D eigenvalue weighted by molar-refractivity contribution is -0.274. The minimum absolute atomic E-state index is 0.133. The summed E-state index contributed by atoms with van der Waals surface area (Å²) in [7, 11) is 0. The van der Waals surface area contributed by atoms with Crippen molar-refractivity contribution in [2.24, 2.45) is 5.92 Å². The number of pyridine rings is 1. The summed E-state index contributed by atoms with van der Waals surface area (Å²) >= 11 is 0. The molecule has 0 spiro atoms. The third-order valence-corrected chi connectivity index (χ3v) is 5.06. The standard InChI is InChI=1S/C26H25F3N6O3/c1-16(2)14-30-15-23(36)33-20-5-3-17(4-6-20)25-34-24(35-38-25)18-11-12-31-22(13-18)32-19-7-9-21(10-8-19)37-26(27,28)29/h3-13,16,30H,14-15H2,1-2H3,(H,31,32)(H,33,36). The summed E-state index contributed by atoms with van der Waals surface area (Å²) in [5, 5.41) is 13.0. The quantitative estimate of drug-likeness (QED) is 0.244. The van der Waals surface area contributed by atoms with Crippen molar-refractivity contribution in [2.75, 3.05) is 23.7 Å². The molecule has 0 saturated carbocycles. The number of alkyl halides is 3. The Morgan fingerprint density at radius 2 is 1.71 bits per heavy atom. The van der Waals surface area contributed by atoms with E-state index in [0.717, 1.165) is 6.54 Å². The van der Waals surface area contributed by atoms with Crippen LogP contribution in [-0.4, -0.2) is 40.5 Å². The van der Waals surface area contributed by atoms with Crippen molar-refractivity contribution in [3.05, 3.63) is 66.9 Å². The summed E-state index contributed by atoms with van der Waals surface area (Å²) in [4.78, 5) is 20.7. The molecule has 0 aliphatic rings. The maximum Gasteiger partial charge on any atom is 0.573 e. The predicted octanol–water partition coefficient (Wildman–Crippen LogP) is 5.62. The van der Waals surface area contributed by atoms with E-state index in [1.807, 2.05) is 0 Å². The topological polar surface area (TPSA) is 114 Å². The van der Waals surface area contributed by atoms with Gasteiger partial charge >= 0.3 is 6.36 Å². The van der Waals surface area contributed by atoms with Crippen LogP contribution in [0.4, 0.5) is 30.4 Å². The number of amides is 1. The third-order valence-electron chi connectivity index (χ3n) is 5.06. The molecule has 1 amide bonds. The van der Waals surface area contributed by atoms with E-state index in [4.69, 9.17) is 4.52 Å². The molecule has 2 aromatic carbocycles. The smallest absolute Gasteiger partial charge is 0.406 e. The lowest BCUT2D eigenvalue weighted by atomic mass is 10.2.